The van der Waals surface area contributed by atoms with E-state index in [1.54, 1.807) is 23.1 Å². The lowest BCUT2D eigenvalue weighted by atomic mass is 10.1. The molecule has 1 fully saturated rings. The largest absolute Gasteiger partial charge is 0.350 e. The Morgan fingerprint density at radius 3 is 2.85 bits per heavy atom. The average molecular weight is 401 g/mol. The number of nitrogens with one attached hydrogen (secondary N) is 1. The molecule has 0 bridgehead atoms. The molecule has 0 radical (unpaired) electrons. The van der Waals surface area contributed by atoms with Gasteiger partial charge in [-0.15, -0.1) is 11.3 Å². The molecule has 1 aliphatic rings. The Labute approximate surface area is 166 Å². The summed E-state index contributed by atoms with van der Waals surface area (Å²) in [7, 11) is 0. The van der Waals surface area contributed by atoms with Crippen molar-refractivity contribution in [3.05, 3.63) is 59.7 Å². The first kappa shape index (κ1) is 18.4. The number of thioether (sulfide) groups is 1. The molecule has 2 heterocycles. The second kappa shape index (κ2) is 8.84. The molecule has 1 unspecified atom stereocenters. The average Bonchev–Trinajstić information content (AvgIpc) is 3.15. The third-order valence-corrected chi connectivity index (χ3v) is 6.52. The Morgan fingerprint density at radius 2 is 2.07 bits per heavy atom. The lowest BCUT2D eigenvalue weighted by Crippen LogP contribution is -2.33. The summed E-state index contributed by atoms with van der Waals surface area (Å²) in [6, 6.07) is 15.7. The van der Waals surface area contributed by atoms with Gasteiger partial charge in [0.1, 0.15) is 0 Å². The third-order valence-electron chi connectivity index (χ3n) is 4.27. The highest BCUT2D eigenvalue weighted by Crippen LogP contribution is 2.31. The van der Waals surface area contributed by atoms with E-state index in [1.165, 1.54) is 4.70 Å². The quantitative estimate of drug-likeness (QED) is 0.477. The molecule has 27 heavy (non-hydrogen) atoms. The van der Waals surface area contributed by atoms with Gasteiger partial charge in [-0.3, -0.25) is 4.79 Å². The number of hydroxylamine groups is 1. The molecular formula is C20H20N2O3S2. The summed E-state index contributed by atoms with van der Waals surface area (Å²) in [5.41, 5.74) is 5.24. The van der Waals surface area contributed by atoms with Gasteiger partial charge < -0.3 is 4.74 Å². The molecule has 2 aromatic carbocycles. The van der Waals surface area contributed by atoms with Crippen molar-refractivity contribution in [2.45, 2.75) is 35.6 Å². The Kier molecular flexibility index (Phi) is 6.03. The van der Waals surface area contributed by atoms with E-state index in [0.717, 1.165) is 40.4 Å². The standard InChI is InChI=1S/C20H20N2O3S2/c23-19(22-25-18-7-3-4-12-24-18)15-10-8-14(9-11-15)13-26-20-21-16-5-1-2-6-17(16)27-20/h1-2,5-6,8-11,18H,3-4,7,12-13H2,(H,22,23). The molecule has 1 atom stereocenters. The van der Waals surface area contributed by atoms with Crippen LogP contribution in [0.1, 0.15) is 35.2 Å². The van der Waals surface area contributed by atoms with E-state index in [-0.39, 0.29) is 12.2 Å². The third kappa shape index (κ3) is 4.87. The van der Waals surface area contributed by atoms with Crippen LogP contribution in [0.25, 0.3) is 10.2 Å². The van der Waals surface area contributed by atoms with Crippen molar-refractivity contribution in [1.82, 2.24) is 10.5 Å². The van der Waals surface area contributed by atoms with E-state index in [4.69, 9.17) is 9.57 Å². The van der Waals surface area contributed by atoms with Crippen LogP contribution in [0.15, 0.2) is 52.9 Å². The fraction of sp³-hybridized carbons (Fsp3) is 0.300. The topological polar surface area (TPSA) is 60.5 Å². The predicted octanol–water partition coefficient (Wildman–Crippen LogP) is 4.78. The monoisotopic (exact) mass is 400 g/mol. The van der Waals surface area contributed by atoms with Gasteiger partial charge in [-0.2, -0.15) is 0 Å². The molecule has 4 rings (SSSR count). The molecule has 1 aliphatic heterocycles. The molecule has 5 nitrogen and oxygen atoms in total. The number of carbonyl (C=O) groups excluding carboxylic acids is 1. The van der Waals surface area contributed by atoms with Gasteiger partial charge in [0.25, 0.3) is 5.91 Å². The number of rotatable bonds is 6. The summed E-state index contributed by atoms with van der Waals surface area (Å²) >= 11 is 3.41. The molecule has 0 saturated carbocycles. The van der Waals surface area contributed by atoms with Crippen LogP contribution in [-0.2, 0) is 15.3 Å². The van der Waals surface area contributed by atoms with Crippen molar-refractivity contribution in [3.63, 3.8) is 0 Å². The highest BCUT2D eigenvalue weighted by Gasteiger charge is 2.16. The van der Waals surface area contributed by atoms with Gasteiger partial charge in [0.2, 0.25) is 0 Å². The Hall–Kier alpha value is -1.93. The molecule has 1 saturated heterocycles. The lowest BCUT2D eigenvalue weighted by molar-refractivity contribution is -0.186. The van der Waals surface area contributed by atoms with Gasteiger partial charge in [0.05, 0.1) is 10.2 Å². The van der Waals surface area contributed by atoms with Crippen molar-refractivity contribution in [2.24, 2.45) is 0 Å². The van der Waals surface area contributed by atoms with Gasteiger partial charge in [-0.05, 0) is 42.7 Å². The van der Waals surface area contributed by atoms with Crippen LogP contribution in [-0.4, -0.2) is 23.8 Å². The van der Waals surface area contributed by atoms with Gasteiger partial charge in [0, 0.05) is 24.3 Å². The fourth-order valence-electron chi connectivity index (χ4n) is 2.79. The summed E-state index contributed by atoms with van der Waals surface area (Å²) in [5.74, 6) is 0.559. The van der Waals surface area contributed by atoms with Crippen molar-refractivity contribution in [2.75, 3.05) is 6.61 Å². The Bertz CT molecular complexity index is 872. The van der Waals surface area contributed by atoms with Gasteiger partial charge in [-0.25, -0.2) is 15.3 Å². The number of amides is 1. The maximum absolute atomic E-state index is 12.2. The van der Waals surface area contributed by atoms with Crippen LogP contribution in [0.2, 0.25) is 0 Å². The zero-order valence-corrected chi connectivity index (χ0v) is 16.4. The normalized spacial score (nSPS) is 17.1. The highest BCUT2D eigenvalue weighted by molar-refractivity contribution is 8.00. The summed E-state index contributed by atoms with van der Waals surface area (Å²) in [5, 5.41) is 0. The second-order valence-electron chi connectivity index (χ2n) is 6.28. The minimum atomic E-state index is -0.341. The number of nitrogens with zero attached hydrogens (tertiary/aromatic N) is 1. The van der Waals surface area contributed by atoms with Gasteiger partial charge in [0.15, 0.2) is 10.6 Å². The number of fused-ring (bicyclic) bond motifs is 1. The summed E-state index contributed by atoms with van der Waals surface area (Å²) < 4.78 is 7.69. The van der Waals surface area contributed by atoms with Crippen LogP contribution >= 0.6 is 23.1 Å². The van der Waals surface area contributed by atoms with E-state index in [0.29, 0.717) is 12.2 Å². The second-order valence-corrected chi connectivity index (χ2v) is 8.53. The van der Waals surface area contributed by atoms with Crippen LogP contribution in [0.3, 0.4) is 0 Å². The van der Waals surface area contributed by atoms with Gasteiger partial charge >= 0.3 is 0 Å². The zero-order valence-electron chi connectivity index (χ0n) is 14.7. The van der Waals surface area contributed by atoms with E-state index >= 15 is 0 Å². The van der Waals surface area contributed by atoms with E-state index in [1.807, 2.05) is 42.5 Å². The maximum Gasteiger partial charge on any atom is 0.274 e. The molecule has 0 aliphatic carbocycles. The first-order valence-corrected chi connectivity index (χ1v) is 10.7. The van der Waals surface area contributed by atoms with Crippen LogP contribution < -0.4 is 5.48 Å². The number of hydrogen-bond donors (Lipinski definition) is 1. The number of hydrogen-bond acceptors (Lipinski definition) is 6. The summed E-state index contributed by atoms with van der Waals surface area (Å²) in [6.45, 7) is 0.682. The summed E-state index contributed by atoms with van der Waals surface area (Å²) in [6.07, 6.45) is 2.57. The fourth-order valence-corrected chi connectivity index (χ4v) is 4.82. The molecular weight excluding hydrogens is 380 g/mol. The number of aromatic nitrogens is 1. The van der Waals surface area contributed by atoms with E-state index < -0.39 is 0 Å². The minimum absolute atomic E-state index is 0.255. The molecule has 1 amide bonds. The van der Waals surface area contributed by atoms with Crippen LogP contribution in [0, 0.1) is 0 Å². The zero-order chi connectivity index (χ0) is 18.5. The molecule has 3 aromatic rings. The minimum Gasteiger partial charge on any atom is -0.350 e. The number of benzene rings is 2. The van der Waals surface area contributed by atoms with Crippen molar-refractivity contribution < 1.29 is 14.4 Å². The first-order valence-electron chi connectivity index (χ1n) is 8.93. The predicted molar refractivity (Wildman–Crippen MR) is 108 cm³/mol. The Balaban J connectivity index is 1.29. The van der Waals surface area contributed by atoms with Crippen molar-refractivity contribution in [3.8, 4) is 0 Å². The van der Waals surface area contributed by atoms with Crippen molar-refractivity contribution >= 4 is 39.2 Å². The summed E-state index contributed by atoms with van der Waals surface area (Å²) in [4.78, 5) is 22.1. The number of para-hydroxylation sites is 1. The molecule has 140 valence electrons. The highest BCUT2D eigenvalue weighted by atomic mass is 32.2. The van der Waals surface area contributed by atoms with Crippen LogP contribution in [0.5, 0.6) is 0 Å². The molecule has 1 N–H and O–H groups in total. The molecule has 1 aromatic heterocycles. The van der Waals surface area contributed by atoms with Crippen molar-refractivity contribution in [1.29, 1.82) is 0 Å². The van der Waals surface area contributed by atoms with E-state index in [2.05, 4.69) is 16.5 Å². The lowest BCUT2D eigenvalue weighted by Gasteiger charge is -2.22. The van der Waals surface area contributed by atoms with Crippen LogP contribution in [0.4, 0.5) is 0 Å². The van der Waals surface area contributed by atoms with Gasteiger partial charge in [-0.1, -0.05) is 36.0 Å². The number of ether oxygens (including phenoxy) is 1. The smallest absolute Gasteiger partial charge is 0.274 e. The molecule has 0 spiro atoms. The Morgan fingerprint density at radius 1 is 1.22 bits per heavy atom. The van der Waals surface area contributed by atoms with E-state index in [9.17, 15) is 4.79 Å². The number of thiazole rings is 1. The number of carbonyl (C=O) groups is 1. The SMILES string of the molecule is O=C(NOC1CCCCO1)c1ccc(CSc2nc3ccccc3s2)cc1. The first-order chi connectivity index (χ1) is 13.3. The maximum atomic E-state index is 12.2. The molecule has 7 heteroatoms.